The van der Waals surface area contributed by atoms with Gasteiger partial charge in [-0.1, -0.05) is 66.2 Å². The topological polar surface area (TPSA) is 27.7 Å². The molecule has 0 aromatic heterocycles. The van der Waals surface area contributed by atoms with Crippen molar-refractivity contribution in [3.63, 3.8) is 0 Å². The van der Waals surface area contributed by atoms with E-state index in [4.69, 9.17) is 13.3 Å². The van der Waals surface area contributed by atoms with Gasteiger partial charge >= 0.3 is 8.80 Å². The maximum absolute atomic E-state index is 5.79. The van der Waals surface area contributed by atoms with Gasteiger partial charge in [-0.05, 0) is 18.3 Å². The Kier molecular flexibility index (Phi) is 11.7. The van der Waals surface area contributed by atoms with Crippen molar-refractivity contribution < 1.29 is 13.3 Å². The molecular weight excluding hydrogens is 280 g/mol. The molecule has 0 aliphatic rings. The molecule has 0 spiro atoms. The smallest absolute Gasteiger partial charge is 0.377 e. The molecule has 0 rings (SSSR count). The molecule has 4 heteroatoms. The minimum absolute atomic E-state index is 0.397. The van der Waals surface area contributed by atoms with Crippen LogP contribution in [0.4, 0.5) is 0 Å². The van der Waals surface area contributed by atoms with Crippen LogP contribution in [0.1, 0.15) is 72.6 Å². The van der Waals surface area contributed by atoms with E-state index in [1.807, 2.05) is 0 Å². The monoisotopic (exact) mass is 318 g/mol. The Morgan fingerprint density at radius 1 is 0.810 bits per heavy atom. The summed E-state index contributed by atoms with van der Waals surface area (Å²) in [5.74, 6) is 1.32. The highest BCUT2D eigenvalue weighted by atomic mass is 28.4. The first-order valence-electron chi connectivity index (χ1n) is 8.72. The average molecular weight is 319 g/mol. The van der Waals surface area contributed by atoms with Crippen molar-refractivity contribution in [1.82, 2.24) is 0 Å². The second kappa shape index (κ2) is 11.6. The van der Waals surface area contributed by atoms with Crippen LogP contribution in [0.15, 0.2) is 0 Å². The third-order valence-corrected chi connectivity index (χ3v) is 8.42. The van der Waals surface area contributed by atoms with Gasteiger partial charge in [0.05, 0.1) is 0 Å². The van der Waals surface area contributed by atoms with Gasteiger partial charge in [-0.2, -0.15) is 0 Å². The van der Waals surface area contributed by atoms with Gasteiger partial charge < -0.3 is 13.3 Å². The van der Waals surface area contributed by atoms with E-state index >= 15 is 0 Å². The van der Waals surface area contributed by atoms with Crippen LogP contribution in [0.25, 0.3) is 0 Å². The molecule has 0 aromatic rings. The summed E-state index contributed by atoms with van der Waals surface area (Å²) in [6.45, 7) is 9.19. The SMILES string of the molecule is CCCCCC(CC)C(C)C(CCC)[Si](OC)(OC)OC. The number of hydrogen-bond donors (Lipinski definition) is 0. The Morgan fingerprint density at radius 2 is 1.38 bits per heavy atom. The van der Waals surface area contributed by atoms with E-state index in [9.17, 15) is 0 Å². The molecule has 0 aromatic carbocycles. The first kappa shape index (κ1) is 21.1. The third kappa shape index (κ3) is 6.01. The largest absolute Gasteiger partial charge is 0.503 e. The van der Waals surface area contributed by atoms with Crippen molar-refractivity contribution in [2.24, 2.45) is 11.8 Å². The fourth-order valence-electron chi connectivity index (χ4n) is 3.60. The lowest BCUT2D eigenvalue weighted by molar-refractivity contribution is 0.0915. The molecule has 3 nitrogen and oxygen atoms in total. The molecular formula is C17H38O3Si. The van der Waals surface area contributed by atoms with Crippen LogP contribution in [0.5, 0.6) is 0 Å². The van der Waals surface area contributed by atoms with Crippen LogP contribution < -0.4 is 0 Å². The molecule has 0 N–H and O–H groups in total. The maximum atomic E-state index is 5.79. The summed E-state index contributed by atoms with van der Waals surface area (Å²) in [5.41, 5.74) is 0.397. The summed E-state index contributed by atoms with van der Waals surface area (Å²) in [6.07, 6.45) is 8.76. The second-order valence-corrected chi connectivity index (χ2v) is 9.31. The highest BCUT2D eigenvalue weighted by molar-refractivity contribution is 6.62. The summed E-state index contributed by atoms with van der Waals surface area (Å²) >= 11 is 0. The Balaban J connectivity index is 5.04. The summed E-state index contributed by atoms with van der Waals surface area (Å²) in [7, 11) is 2.67. The molecule has 0 fully saturated rings. The molecule has 0 saturated carbocycles. The van der Waals surface area contributed by atoms with Crippen molar-refractivity contribution in [2.75, 3.05) is 21.3 Å². The normalized spacial score (nSPS) is 16.7. The molecule has 128 valence electrons. The van der Waals surface area contributed by atoms with Gasteiger partial charge in [-0.3, -0.25) is 0 Å². The van der Waals surface area contributed by atoms with E-state index in [-0.39, 0.29) is 0 Å². The van der Waals surface area contributed by atoms with Crippen molar-refractivity contribution in [3.05, 3.63) is 0 Å². The van der Waals surface area contributed by atoms with Crippen molar-refractivity contribution >= 4 is 8.80 Å². The molecule has 0 bridgehead atoms. The first-order chi connectivity index (χ1) is 10.1. The van der Waals surface area contributed by atoms with E-state index < -0.39 is 8.80 Å². The first-order valence-corrected chi connectivity index (χ1v) is 10.5. The number of hydrogen-bond acceptors (Lipinski definition) is 3. The summed E-state index contributed by atoms with van der Waals surface area (Å²) in [5, 5.41) is 0. The van der Waals surface area contributed by atoms with Gasteiger partial charge in [-0.25, -0.2) is 0 Å². The minimum Gasteiger partial charge on any atom is -0.377 e. The highest BCUT2D eigenvalue weighted by Crippen LogP contribution is 2.41. The Hall–Kier alpha value is 0.0969. The molecule has 3 unspecified atom stereocenters. The van der Waals surface area contributed by atoms with Crippen LogP contribution in [0.3, 0.4) is 0 Å². The Labute approximate surface area is 134 Å². The standard InChI is InChI=1S/C17H38O3Si/c1-8-11-12-14-16(10-3)15(4)17(13-9-2)21(18-5,19-6)20-7/h15-17H,8-14H2,1-7H3. The predicted octanol–water partition coefficient (Wildman–Crippen LogP) is 5.28. The average Bonchev–Trinajstić information content (AvgIpc) is 2.52. The lowest BCUT2D eigenvalue weighted by atomic mass is 9.83. The van der Waals surface area contributed by atoms with E-state index in [0.717, 1.165) is 18.8 Å². The molecule has 0 heterocycles. The Morgan fingerprint density at radius 3 is 1.76 bits per heavy atom. The van der Waals surface area contributed by atoms with Gasteiger partial charge in [0, 0.05) is 26.9 Å². The zero-order valence-corrected chi connectivity index (χ0v) is 16.4. The zero-order valence-electron chi connectivity index (χ0n) is 15.4. The van der Waals surface area contributed by atoms with Gasteiger partial charge in [0.1, 0.15) is 0 Å². The van der Waals surface area contributed by atoms with Crippen LogP contribution in [-0.2, 0) is 13.3 Å². The van der Waals surface area contributed by atoms with E-state index in [1.165, 1.54) is 32.1 Å². The maximum Gasteiger partial charge on any atom is 0.503 e. The van der Waals surface area contributed by atoms with E-state index in [2.05, 4.69) is 27.7 Å². The third-order valence-electron chi connectivity index (χ3n) is 4.99. The van der Waals surface area contributed by atoms with Crippen LogP contribution >= 0.6 is 0 Å². The van der Waals surface area contributed by atoms with Gasteiger partial charge in [0.25, 0.3) is 0 Å². The molecule has 3 atom stereocenters. The van der Waals surface area contributed by atoms with Crippen LogP contribution in [-0.4, -0.2) is 30.1 Å². The molecule has 0 radical (unpaired) electrons. The van der Waals surface area contributed by atoms with Gasteiger partial charge in [0.2, 0.25) is 0 Å². The van der Waals surface area contributed by atoms with Crippen molar-refractivity contribution in [3.8, 4) is 0 Å². The number of unbranched alkanes of at least 4 members (excludes halogenated alkanes) is 2. The highest BCUT2D eigenvalue weighted by Gasteiger charge is 2.50. The second-order valence-electron chi connectivity index (χ2n) is 6.13. The van der Waals surface area contributed by atoms with E-state index in [0.29, 0.717) is 11.5 Å². The van der Waals surface area contributed by atoms with Crippen LogP contribution in [0, 0.1) is 11.8 Å². The molecule has 0 aliphatic heterocycles. The Bertz CT molecular complexity index is 236. The zero-order chi connectivity index (χ0) is 16.3. The lowest BCUT2D eigenvalue weighted by Crippen LogP contribution is -2.50. The van der Waals surface area contributed by atoms with Crippen molar-refractivity contribution in [1.29, 1.82) is 0 Å². The molecule has 0 aliphatic carbocycles. The summed E-state index contributed by atoms with van der Waals surface area (Å²) in [6, 6.07) is 0. The quantitative estimate of drug-likeness (QED) is 0.342. The summed E-state index contributed by atoms with van der Waals surface area (Å²) < 4.78 is 17.4. The predicted molar refractivity (Wildman–Crippen MR) is 92.5 cm³/mol. The summed E-state index contributed by atoms with van der Waals surface area (Å²) in [4.78, 5) is 0. The fraction of sp³-hybridized carbons (Fsp3) is 1.00. The van der Waals surface area contributed by atoms with Crippen molar-refractivity contribution in [2.45, 2.75) is 78.2 Å². The minimum atomic E-state index is -2.56. The van der Waals surface area contributed by atoms with Gasteiger partial charge in [-0.15, -0.1) is 0 Å². The fourth-order valence-corrected chi connectivity index (χ4v) is 6.57. The molecule has 21 heavy (non-hydrogen) atoms. The molecule has 0 saturated heterocycles. The number of rotatable bonds is 13. The van der Waals surface area contributed by atoms with Gasteiger partial charge in [0.15, 0.2) is 0 Å². The van der Waals surface area contributed by atoms with Crippen LogP contribution in [0.2, 0.25) is 5.54 Å². The molecule has 0 amide bonds. The lowest BCUT2D eigenvalue weighted by Gasteiger charge is -2.39. The van der Waals surface area contributed by atoms with E-state index in [1.54, 1.807) is 21.3 Å².